The molecule has 0 amide bonds. The summed E-state index contributed by atoms with van der Waals surface area (Å²) >= 11 is 0. The van der Waals surface area contributed by atoms with Crippen LogP contribution in [0.1, 0.15) is 24.6 Å². The van der Waals surface area contributed by atoms with Gasteiger partial charge in [0.2, 0.25) is 0 Å². The number of hydrogen-bond donors (Lipinski definition) is 0. The molecule has 0 aliphatic carbocycles. The number of imidazole rings is 1. The van der Waals surface area contributed by atoms with Crippen LogP contribution < -0.4 is 4.90 Å². The highest BCUT2D eigenvalue weighted by Gasteiger charge is 2.35. The number of anilines is 1. The Morgan fingerprint density at radius 1 is 1.17 bits per heavy atom. The first-order chi connectivity index (χ1) is 11.5. The summed E-state index contributed by atoms with van der Waals surface area (Å²) in [7, 11) is 0. The number of alkyl halides is 3. The first kappa shape index (κ1) is 14.9. The van der Waals surface area contributed by atoms with Crippen LogP contribution in [0.25, 0.3) is 5.78 Å². The first-order valence-corrected chi connectivity index (χ1v) is 7.53. The van der Waals surface area contributed by atoms with E-state index in [4.69, 9.17) is 0 Å². The summed E-state index contributed by atoms with van der Waals surface area (Å²) in [5, 5.41) is 4.00. The maximum atomic E-state index is 13.1. The van der Waals surface area contributed by atoms with Crippen LogP contribution in [0.15, 0.2) is 31.1 Å². The minimum atomic E-state index is -4.52. The van der Waals surface area contributed by atoms with Crippen LogP contribution in [0, 0.1) is 0 Å². The molecular weight excluding hydrogens is 323 g/mol. The monoisotopic (exact) mass is 337 g/mol. The number of aromatic nitrogens is 6. The Balaban J connectivity index is 1.63. The zero-order valence-corrected chi connectivity index (χ0v) is 12.6. The van der Waals surface area contributed by atoms with Crippen molar-refractivity contribution < 1.29 is 13.2 Å². The molecule has 4 heterocycles. The topological polar surface area (TPSA) is 64.1 Å². The van der Waals surface area contributed by atoms with E-state index >= 15 is 0 Å². The lowest BCUT2D eigenvalue weighted by molar-refractivity contribution is -0.141. The zero-order chi connectivity index (χ0) is 16.7. The van der Waals surface area contributed by atoms with Gasteiger partial charge in [-0.3, -0.25) is 0 Å². The highest BCUT2D eigenvalue weighted by molar-refractivity contribution is 5.48. The smallest absolute Gasteiger partial charge is 0.356 e. The molecule has 1 aliphatic rings. The highest BCUT2D eigenvalue weighted by atomic mass is 19.4. The average molecular weight is 337 g/mol. The van der Waals surface area contributed by atoms with Gasteiger partial charge in [0.25, 0.3) is 5.78 Å². The van der Waals surface area contributed by atoms with E-state index < -0.39 is 11.9 Å². The maximum Gasteiger partial charge on any atom is 0.433 e. The molecule has 10 heteroatoms. The predicted molar refractivity (Wildman–Crippen MR) is 78.5 cm³/mol. The van der Waals surface area contributed by atoms with Crippen molar-refractivity contribution in [3.05, 3.63) is 36.8 Å². The Morgan fingerprint density at radius 3 is 2.62 bits per heavy atom. The summed E-state index contributed by atoms with van der Waals surface area (Å²) in [5.74, 6) is 0.325. The van der Waals surface area contributed by atoms with Crippen LogP contribution in [0.3, 0.4) is 0 Å². The quantitative estimate of drug-likeness (QED) is 0.717. The van der Waals surface area contributed by atoms with E-state index in [2.05, 4.69) is 20.1 Å². The molecule has 1 fully saturated rings. The van der Waals surface area contributed by atoms with Crippen LogP contribution in [0.4, 0.5) is 19.0 Å². The van der Waals surface area contributed by atoms with Crippen LogP contribution >= 0.6 is 0 Å². The van der Waals surface area contributed by atoms with Crippen molar-refractivity contribution in [1.29, 1.82) is 0 Å². The molecule has 126 valence electrons. The second kappa shape index (κ2) is 5.46. The zero-order valence-electron chi connectivity index (χ0n) is 12.6. The third-order valence-electron chi connectivity index (χ3n) is 4.26. The van der Waals surface area contributed by atoms with Crippen molar-refractivity contribution in [3.63, 3.8) is 0 Å². The Kier molecular flexibility index (Phi) is 3.39. The molecular formula is C14H14F3N7. The second-order valence-corrected chi connectivity index (χ2v) is 5.70. The molecule has 0 spiro atoms. The second-order valence-electron chi connectivity index (χ2n) is 5.70. The minimum Gasteiger partial charge on any atom is -0.356 e. The number of nitrogens with zero attached hydrogens (tertiary/aromatic N) is 7. The van der Waals surface area contributed by atoms with Crippen molar-refractivity contribution in [2.45, 2.75) is 25.1 Å². The summed E-state index contributed by atoms with van der Waals surface area (Å²) in [6.45, 7) is 1.25. The van der Waals surface area contributed by atoms with Gasteiger partial charge in [0.1, 0.15) is 12.1 Å². The molecule has 0 saturated carbocycles. The third kappa shape index (κ3) is 2.57. The minimum absolute atomic E-state index is 0.0449. The van der Waals surface area contributed by atoms with E-state index in [1.54, 1.807) is 12.5 Å². The molecule has 3 aromatic heterocycles. The summed E-state index contributed by atoms with van der Waals surface area (Å²) in [6, 6.07) is 1.35. The molecule has 0 atom stereocenters. The lowest BCUT2D eigenvalue weighted by Crippen LogP contribution is -2.36. The molecule has 0 bridgehead atoms. The fourth-order valence-electron chi connectivity index (χ4n) is 3.05. The van der Waals surface area contributed by atoms with Gasteiger partial charge in [0.05, 0.1) is 6.33 Å². The fraction of sp³-hybridized carbons (Fsp3) is 0.429. The highest BCUT2D eigenvalue weighted by Crippen LogP contribution is 2.32. The van der Waals surface area contributed by atoms with Gasteiger partial charge >= 0.3 is 6.18 Å². The Bertz CT molecular complexity index is 832. The molecule has 0 unspecified atom stereocenters. The number of hydrogen-bond acceptors (Lipinski definition) is 5. The van der Waals surface area contributed by atoms with Crippen molar-refractivity contribution in [1.82, 2.24) is 29.1 Å². The molecule has 7 nitrogen and oxygen atoms in total. The van der Waals surface area contributed by atoms with E-state index in [0.717, 1.165) is 18.9 Å². The van der Waals surface area contributed by atoms with Crippen molar-refractivity contribution >= 4 is 11.6 Å². The van der Waals surface area contributed by atoms with E-state index in [-0.39, 0.29) is 5.78 Å². The normalized spacial score (nSPS) is 16.9. The molecule has 3 aromatic rings. The van der Waals surface area contributed by atoms with Gasteiger partial charge in [-0.05, 0) is 12.8 Å². The van der Waals surface area contributed by atoms with E-state index in [1.165, 1.54) is 10.8 Å². The van der Waals surface area contributed by atoms with E-state index in [0.29, 0.717) is 24.9 Å². The predicted octanol–water partition coefficient (Wildman–Crippen LogP) is 2.18. The van der Waals surface area contributed by atoms with Crippen molar-refractivity contribution in [2.75, 3.05) is 18.0 Å². The number of halogens is 3. The van der Waals surface area contributed by atoms with E-state index in [1.807, 2.05) is 15.7 Å². The molecule has 4 rings (SSSR count). The molecule has 24 heavy (non-hydrogen) atoms. The maximum absolute atomic E-state index is 13.1. The number of fused-ring (bicyclic) bond motifs is 1. The Labute approximate surface area is 134 Å². The van der Waals surface area contributed by atoms with Gasteiger partial charge in [-0.1, -0.05) is 0 Å². The lowest BCUT2D eigenvalue weighted by Gasteiger charge is -2.34. The Morgan fingerprint density at radius 2 is 1.96 bits per heavy atom. The van der Waals surface area contributed by atoms with Crippen LogP contribution in [0.2, 0.25) is 0 Å². The summed E-state index contributed by atoms with van der Waals surface area (Å²) in [5.41, 5.74) is -0.949. The SMILES string of the molecule is FC(F)(F)c1cc(N2CCC(n3ccnc3)CC2)n2ncnc2n1. The molecule has 0 aromatic carbocycles. The third-order valence-corrected chi connectivity index (χ3v) is 4.26. The van der Waals surface area contributed by atoms with Gasteiger partial charge in [-0.15, -0.1) is 0 Å². The summed E-state index contributed by atoms with van der Waals surface area (Å²) < 4.78 is 42.6. The van der Waals surface area contributed by atoms with Crippen molar-refractivity contribution in [3.8, 4) is 0 Å². The Hall–Kier alpha value is -2.65. The standard InChI is InChI=1S/C14H14F3N7/c15-14(16,17)11-7-12(24-13(21-11)19-8-20-24)22-4-1-10(2-5-22)23-6-3-18-9-23/h3,6-10H,1-2,4-5H2. The summed E-state index contributed by atoms with van der Waals surface area (Å²) in [6.07, 6.45) is 3.73. The number of piperidine rings is 1. The van der Waals surface area contributed by atoms with Crippen LogP contribution in [0.5, 0.6) is 0 Å². The van der Waals surface area contributed by atoms with E-state index in [9.17, 15) is 13.2 Å². The van der Waals surface area contributed by atoms with Gasteiger partial charge < -0.3 is 9.47 Å². The molecule has 0 N–H and O–H groups in total. The number of rotatable bonds is 2. The van der Waals surface area contributed by atoms with Gasteiger partial charge in [0, 0.05) is 37.6 Å². The van der Waals surface area contributed by atoms with Gasteiger partial charge in [-0.2, -0.15) is 27.8 Å². The van der Waals surface area contributed by atoms with Crippen LogP contribution in [-0.2, 0) is 6.18 Å². The fourth-order valence-corrected chi connectivity index (χ4v) is 3.05. The molecule has 1 aliphatic heterocycles. The summed E-state index contributed by atoms with van der Waals surface area (Å²) in [4.78, 5) is 13.3. The average Bonchev–Trinajstić information content (AvgIpc) is 3.24. The largest absolute Gasteiger partial charge is 0.433 e. The van der Waals surface area contributed by atoms with Crippen molar-refractivity contribution in [2.24, 2.45) is 0 Å². The first-order valence-electron chi connectivity index (χ1n) is 7.53. The lowest BCUT2D eigenvalue weighted by atomic mass is 10.0. The molecule has 1 saturated heterocycles. The molecule has 0 radical (unpaired) electrons. The van der Waals surface area contributed by atoms with Gasteiger partial charge in [0.15, 0.2) is 5.69 Å². The van der Waals surface area contributed by atoms with Gasteiger partial charge in [-0.25, -0.2) is 9.97 Å². The van der Waals surface area contributed by atoms with Crippen LogP contribution in [-0.4, -0.2) is 42.2 Å².